The van der Waals surface area contributed by atoms with Gasteiger partial charge in [-0.25, -0.2) is 0 Å². The van der Waals surface area contributed by atoms with Gasteiger partial charge in [-0.05, 0) is 220 Å². The Kier molecular flexibility index (Phi) is 23.4. The summed E-state index contributed by atoms with van der Waals surface area (Å²) in [6.07, 6.45) is 8.30. The molecule has 16 nitrogen and oxygen atoms in total. The van der Waals surface area contributed by atoms with E-state index in [0.717, 1.165) is 76.5 Å². The summed E-state index contributed by atoms with van der Waals surface area (Å²) in [5.41, 5.74) is 7.20. The Labute approximate surface area is 634 Å². The highest BCUT2D eigenvalue weighted by Crippen LogP contribution is 2.43. The second kappa shape index (κ2) is 32.4. The number of ether oxygens (including phenoxy) is 14. The van der Waals surface area contributed by atoms with Crippen molar-refractivity contribution in [3.8, 4) is 80.5 Å². The summed E-state index contributed by atoms with van der Waals surface area (Å²) in [6.45, 7) is 26.0. The molecule has 16 heteroatoms. The fourth-order valence-corrected chi connectivity index (χ4v) is 13.3. The average Bonchev–Trinajstić information content (AvgIpc) is 0.718. The quantitative estimate of drug-likeness (QED) is 0.0470. The Balaban J connectivity index is 1.09. The lowest BCUT2D eigenvalue weighted by Gasteiger charge is -2.32. The molecule has 0 bridgehead atoms. The van der Waals surface area contributed by atoms with Gasteiger partial charge in [0.15, 0.2) is 11.6 Å². The summed E-state index contributed by atoms with van der Waals surface area (Å²) in [6, 6.07) is 46.5. The number of ketones is 2. The molecule has 2 aliphatic carbocycles. The molecule has 564 valence electrons. The van der Waals surface area contributed by atoms with E-state index in [0.29, 0.717) is 103 Å². The Bertz CT molecular complexity index is 4530. The summed E-state index contributed by atoms with van der Waals surface area (Å²) < 4.78 is 85.2. The van der Waals surface area contributed by atoms with E-state index in [9.17, 15) is 9.59 Å². The number of allylic oxidation sites excluding steroid dienone is 8. The fourth-order valence-electron chi connectivity index (χ4n) is 13.3. The summed E-state index contributed by atoms with van der Waals surface area (Å²) >= 11 is 0. The predicted molar refractivity (Wildman–Crippen MR) is 425 cm³/mol. The van der Waals surface area contributed by atoms with Gasteiger partial charge >= 0.3 is 0 Å². The molecule has 0 heterocycles. The maximum absolute atomic E-state index is 15.0. The molecule has 0 fully saturated rings. The molecule has 0 saturated carbocycles. The van der Waals surface area contributed by atoms with E-state index in [1.807, 2.05) is 121 Å². The zero-order chi connectivity index (χ0) is 77.6. The predicted octanol–water partition coefficient (Wildman–Crippen LogP) is 18.9. The summed E-state index contributed by atoms with van der Waals surface area (Å²) in [5.74, 6) is 8.43. The van der Waals surface area contributed by atoms with Crippen molar-refractivity contribution < 1.29 is 75.9 Å². The number of carbonyl (C=O) groups is 2. The van der Waals surface area contributed by atoms with E-state index < -0.39 is 21.7 Å². The molecule has 0 N–H and O–H groups in total. The third kappa shape index (κ3) is 18.4. The number of methoxy groups -OCH3 is 8. The van der Waals surface area contributed by atoms with Crippen molar-refractivity contribution in [2.45, 2.75) is 123 Å². The van der Waals surface area contributed by atoms with Gasteiger partial charge in [0.25, 0.3) is 0 Å². The van der Waals surface area contributed by atoms with Gasteiger partial charge in [-0.1, -0.05) is 95.2 Å². The minimum absolute atomic E-state index is 0.0101. The summed E-state index contributed by atoms with van der Waals surface area (Å²) in [4.78, 5) is 29.9. The minimum Gasteiger partial charge on any atom is -0.497 e. The number of benzene rings is 9. The molecule has 0 saturated heterocycles. The average molecular weight is 1460 g/mol. The van der Waals surface area contributed by atoms with Crippen molar-refractivity contribution >= 4 is 44.3 Å². The van der Waals surface area contributed by atoms with Crippen LogP contribution in [0.2, 0.25) is 0 Å². The van der Waals surface area contributed by atoms with Gasteiger partial charge in [-0.15, -0.1) is 0 Å². The number of hydrogen-bond donors (Lipinski definition) is 0. The number of Topliss-reactive ketones (excluding diaryl/α,β-unsaturated/α-hetero) is 2. The zero-order valence-electron chi connectivity index (χ0n) is 65.9. The van der Waals surface area contributed by atoms with Gasteiger partial charge < -0.3 is 66.3 Å². The highest BCUT2D eigenvalue weighted by Gasteiger charge is 2.37. The van der Waals surface area contributed by atoms with Crippen molar-refractivity contribution in [3.63, 3.8) is 0 Å². The largest absolute Gasteiger partial charge is 0.497 e. The molecule has 2 aliphatic rings. The van der Waals surface area contributed by atoms with Gasteiger partial charge in [-0.2, -0.15) is 0 Å². The third-order valence-electron chi connectivity index (χ3n) is 19.0. The van der Waals surface area contributed by atoms with Gasteiger partial charge in [0.05, 0.1) is 56.9 Å². The van der Waals surface area contributed by atoms with Crippen molar-refractivity contribution in [2.75, 3.05) is 56.9 Å². The van der Waals surface area contributed by atoms with Crippen molar-refractivity contribution in [1.29, 1.82) is 0 Å². The molecule has 108 heavy (non-hydrogen) atoms. The van der Waals surface area contributed by atoms with E-state index in [1.54, 1.807) is 56.9 Å². The molecule has 9 aromatic carbocycles. The maximum Gasteiger partial charge on any atom is 0.186 e. The molecule has 0 unspecified atom stereocenters. The highest BCUT2D eigenvalue weighted by atomic mass is 16.5. The molecule has 0 radical (unpaired) electrons. The Morgan fingerprint density at radius 2 is 0.407 bits per heavy atom. The van der Waals surface area contributed by atoms with Gasteiger partial charge in [0.1, 0.15) is 120 Å². The van der Waals surface area contributed by atoms with E-state index >= 15 is 0 Å². The minimum atomic E-state index is -0.540. The van der Waals surface area contributed by atoms with E-state index in [4.69, 9.17) is 66.3 Å². The van der Waals surface area contributed by atoms with Crippen LogP contribution in [0.25, 0.3) is 32.7 Å². The highest BCUT2D eigenvalue weighted by molar-refractivity contribution is 6.17. The number of rotatable bonds is 26. The maximum atomic E-state index is 15.0. The fraction of sp³-hybridized carbons (Fsp3) is 0.326. The van der Waals surface area contributed by atoms with Gasteiger partial charge in [0, 0.05) is 58.7 Å². The summed E-state index contributed by atoms with van der Waals surface area (Å²) in [7, 11) is 12.9. The third-order valence-corrected chi connectivity index (χ3v) is 19.0. The number of hydrogen-bond acceptors (Lipinski definition) is 16. The summed E-state index contributed by atoms with van der Waals surface area (Å²) in [5, 5.41) is 5.24. The van der Waals surface area contributed by atoms with Crippen LogP contribution in [-0.2, 0) is 49.2 Å². The zero-order valence-corrected chi connectivity index (χ0v) is 65.9. The van der Waals surface area contributed by atoms with Crippen LogP contribution in [-0.4, -0.2) is 68.4 Å². The van der Waals surface area contributed by atoms with Crippen molar-refractivity contribution in [1.82, 2.24) is 0 Å². The smallest absolute Gasteiger partial charge is 0.186 e. The first-order valence-electron chi connectivity index (χ1n) is 36.1. The second-order valence-electron chi connectivity index (χ2n) is 31.2. The van der Waals surface area contributed by atoms with Gasteiger partial charge in [0.2, 0.25) is 0 Å². The van der Waals surface area contributed by atoms with Crippen LogP contribution in [0.4, 0.5) is 0 Å². The van der Waals surface area contributed by atoms with Crippen molar-refractivity contribution in [3.05, 3.63) is 236 Å². The normalized spacial score (nSPS) is 13.4. The lowest BCUT2D eigenvalue weighted by Crippen LogP contribution is -2.30. The van der Waals surface area contributed by atoms with Crippen LogP contribution < -0.4 is 76.8 Å². The Morgan fingerprint density at radius 3 is 0.602 bits per heavy atom. The second-order valence-corrected chi connectivity index (χ2v) is 31.2. The molecule has 0 amide bonds. The molecular formula is C92H100O16. The Morgan fingerprint density at radius 1 is 0.222 bits per heavy atom. The van der Waals surface area contributed by atoms with Gasteiger partial charge in [-0.3, -0.25) is 9.59 Å². The van der Waals surface area contributed by atoms with E-state index in [2.05, 4.69) is 132 Å². The lowest BCUT2D eigenvalue weighted by molar-refractivity contribution is -0.114. The molecule has 0 aromatic heterocycles. The van der Waals surface area contributed by atoms with E-state index in [-0.39, 0.29) is 51.2 Å². The lowest BCUT2D eigenvalue weighted by atomic mass is 9.71. The first kappa shape index (κ1) is 77.8. The number of carbonyl (C=O) groups excluding carboxylic acids is 2. The van der Waals surface area contributed by atoms with Crippen LogP contribution >= 0.6 is 0 Å². The first-order chi connectivity index (χ1) is 51.4. The van der Waals surface area contributed by atoms with Crippen LogP contribution in [0.5, 0.6) is 80.5 Å². The topological polar surface area (TPSA) is 163 Å². The SMILES string of the molecule is COc1cc(COc2cc(COc3ccc4c(=C5C=C(C(C)(C)C)C(=O)C(C(C)(C)C)=C5)c5cc(OCc6cc(OCc7cc(OC)cc(OC)c7)cc(OCc7cc(OC)cc(OC)c7)c6)ccc5c(=C5C=C(C(C)(C)C)C(=O)C(C(C)(C)C)=C5)c4c3)cc(OCc3cc(OC)cc(OC)c3)c2)cc(OC)c1. The van der Waals surface area contributed by atoms with Crippen LogP contribution in [0.3, 0.4) is 0 Å². The Hall–Kier alpha value is -11.3. The standard InChI is InChI=1S/C92H100O16/c1-89(2,3)81-37-61(38-82(87(81)93)90(4,5)6)85-77-23-21-64(104-50-60-35-75(107-53-57-29-69(99-17)43-70(30-57)100-18)46-76(36-60)108-54-58-31-71(101-19)44-72(32-58)102-20)48-80(77)86(62-39-83(91(7,8)9)88(94)84(40-62)92(10,11)12)78-24-22-63(47-79(78)85)103-49-59-33-73(105-51-55-25-65(95-13)41-66(26-55)96-14)45-74(34-59)106-52-56-27-67(97-15)42-68(28-56)98-16/h21-48H,49-54H2,1-20H3. The molecule has 0 atom stereocenters. The van der Waals surface area contributed by atoms with Crippen LogP contribution in [0.15, 0.2) is 192 Å². The molecule has 0 spiro atoms. The monoisotopic (exact) mass is 1460 g/mol. The molecule has 11 rings (SSSR count). The van der Waals surface area contributed by atoms with Crippen LogP contribution in [0, 0.1) is 21.7 Å². The van der Waals surface area contributed by atoms with Crippen molar-refractivity contribution in [2.24, 2.45) is 21.7 Å². The molecule has 0 aliphatic heterocycles. The molecule has 9 aromatic rings. The molecular weight excluding hydrogens is 1360 g/mol. The van der Waals surface area contributed by atoms with E-state index in [1.165, 1.54) is 0 Å². The number of fused-ring (bicyclic) bond motifs is 2. The van der Waals surface area contributed by atoms with Crippen LogP contribution in [0.1, 0.15) is 116 Å². The first-order valence-corrected chi connectivity index (χ1v) is 36.1.